The first kappa shape index (κ1) is 15.4. The second kappa shape index (κ2) is 6.43. The van der Waals surface area contributed by atoms with Crippen LogP contribution >= 0.6 is 12.2 Å². The van der Waals surface area contributed by atoms with Gasteiger partial charge in [-0.1, -0.05) is 42.5 Å². The molecule has 0 saturated heterocycles. The molecule has 0 aliphatic carbocycles. The molecule has 1 amide bonds. The molecule has 0 radical (unpaired) electrons. The van der Waals surface area contributed by atoms with Crippen LogP contribution in [-0.4, -0.2) is 27.3 Å². The third-order valence-corrected chi connectivity index (χ3v) is 4.29. The van der Waals surface area contributed by atoms with E-state index in [0.717, 1.165) is 22.2 Å². The van der Waals surface area contributed by atoms with Gasteiger partial charge in [0.1, 0.15) is 23.9 Å². The first-order valence-corrected chi connectivity index (χ1v) is 8.27. The highest BCUT2D eigenvalue weighted by atomic mass is 32.1. The summed E-state index contributed by atoms with van der Waals surface area (Å²) in [6, 6.07) is 14.2. The van der Waals surface area contributed by atoms with Crippen LogP contribution in [0, 0.1) is 0 Å². The molecule has 0 bridgehead atoms. The van der Waals surface area contributed by atoms with Crippen molar-refractivity contribution in [3.63, 3.8) is 0 Å². The average molecular weight is 346 g/mol. The topological polar surface area (TPSA) is 59.3 Å². The summed E-state index contributed by atoms with van der Waals surface area (Å²) >= 11 is 4.53. The van der Waals surface area contributed by atoms with Crippen LogP contribution in [0.4, 0.5) is 0 Å². The number of rotatable bonds is 4. The van der Waals surface area contributed by atoms with E-state index >= 15 is 0 Å². The Kier molecular flexibility index (Phi) is 3.98. The number of aromatic nitrogens is 2. The van der Waals surface area contributed by atoms with E-state index < -0.39 is 0 Å². The number of nitrogens with one attached hydrogen (secondary N) is 1. The molecule has 1 aliphatic heterocycles. The Labute approximate surface area is 149 Å². The fourth-order valence-electron chi connectivity index (χ4n) is 3.03. The van der Waals surface area contributed by atoms with Gasteiger partial charge in [0.25, 0.3) is 5.91 Å². The maximum absolute atomic E-state index is 12.7. The lowest BCUT2D eigenvalue weighted by Gasteiger charge is -2.07. The molecule has 4 rings (SSSR count). The largest absolute Gasteiger partial charge is 0.331 e. The maximum Gasteiger partial charge on any atom is 0.272 e. The molecule has 0 fully saturated rings. The highest BCUT2D eigenvalue weighted by Crippen LogP contribution is 2.29. The van der Waals surface area contributed by atoms with Crippen molar-refractivity contribution < 1.29 is 4.79 Å². The van der Waals surface area contributed by atoms with Crippen molar-refractivity contribution >= 4 is 40.3 Å². The Morgan fingerprint density at radius 3 is 2.96 bits per heavy atom. The fourth-order valence-corrected chi connectivity index (χ4v) is 3.09. The lowest BCUT2D eigenvalue weighted by molar-refractivity contribution is 0.0949. The Balaban J connectivity index is 1.82. The predicted octanol–water partition coefficient (Wildman–Crippen LogP) is 3.52. The number of carbonyl (C=O) groups excluding carboxylic acids is 1. The number of hydrogen-bond donors (Lipinski definition) is 1. The first-order valence-electron chi connectivity index (χ1n) is 7.86. The summed E-state index contributed by atoms with van der Waals surface area (Å²) < 4.78 is 1.83. The second-order valence-electron chi connectivity index (χ2n) is 5.66. The molecule has 0 atom stereocenters. The molecule has 1 N–H and O–H groups in total. The first-order chi connectivity index (χ1) is 12.3. The van der Waals surface area contributed by atoms with Crippen LogP contribution in [0.2, 0.25) is 0 Å². The van der Waals surface area contributed by atoms with E-state index in [2.05, 4.69) is 50.9 Å². The molecular weight excluding hydrogens is 332 g/mol. The molecular formula is C19H14N4OS. The van der Waals surface area contributed by atoms with Crippen LogP contribution < -0.4 is 5.32 Å². The Morgan fingerprint density at radius 1 is 1.28 bits per heavy atom. The van der Waals surface area contributed by atoms with Crippen LogP contribution in [0.15, 0.2) is 53.5 Å². The van der Waals surface area contributed by atoms with Crippen LogP contribution in [0.25, 0.3) is 28.2 Å². The molecule has 0 spiro atoms. The lowest BCUT2D eigenvalue weighted by atomic mass is 10.0. The number of carbonyl (C=O) groups is 1. The van der Waals surface area contributed by atoms with Crippen LogP contribution in [0.3, 0.4) is 0 Å². The van der Waals surface area contributed by atoms with Gasteiger partial charge in [0, 0.05) is 18.2 Å². The van der Waals surface area contributed by atoms with Gasteiger partial charge in [-0.25, -0.2) is 9.98 Å². The lowest BCUT2D eigenvalue weighted by Crippen LogP contribution is -2.25. The summed E-state index contributed by atoms with van der Waals surface area (Å²) in [5.41, 5.74) is 2.10. The van der Waals surface area contributed by atoms with Gasteiger partial charge >= 0.3 is 0 Å². The highest BCUT2D eigenvalue weighted by molar-refractivity contribution is 7.78. The van der Waals surface area contributed by atoms with Gasteiger partial charge in [0.05, 0.1) is 5.16 Å². The predicted molar refractivity (Wildman–Crippen MR) is 102 cm³/mol. The second-order valence-corrected chi connectivity index (χ2v) is 5.84. The van der Waals surface area contributed by atoms with Crippen LogP contribution in [-0.2, 0) is 6.42 Å². The smallest absolute Gasteiger partial charge is 0.272 e. The van der Waals surface area contributed by atoms with Crippen molar-refractivity contribution in [1.29, 1.82) is 0 Å². The zero-order chi connectivity index (χ0) is 17.2. The molecule has 6 heteroatoms. The van der Waals surface area contributed by atoms with E-state index in [-0.39, 0.29) is 12.6 Å². The fraction of sp³-hybridized carbons (Fsp3) is 0.105. The normalized spacial score (nSPS) is 12.0. The Bertz CT molecular complexity index is 1060. The monoisotopic (exact) mass is 346 g/mol. The Morgan fingerprint density at radius 2 is 2.12 bits per heavy atom. The summed E-state index contributed by atoms with van der Waals surface area (Å²) in [4.78, 5) is 21.1. The summed E-state index contributed by atoms with van der Waals surface area (Å²) in [5, 5.41) is 7.24. The molecule has 2 aromatic carbocycles. The number of amides is 1. The molecule has 1 aromatic heterocycles. The van der Waals surface area contributed by atoms with Crippen LogP contribution in [0.5, 0.6) is 0 Å². The molecule has 5 nitrogen and oxygen atoms in total. The van der Waals surface area contributed by atoms with E-state index in [1.165, 1.54) is 0 Å². The van der Waals surface area contributed by atoms with Crippen LogP contribution in [0.1, 0.15) is 16.3 Å². The van der Waals surface area contributed by atoms with E-state index in [1.54, 1.807) is 0 Å². The summed E-state index contributed by atoms with van der Waals surface area (Å²) in [6.45, 7) is 0.101. The minimum atomic E-state index is -0.234. The van der Waals surface area contributed by atoms with E-state index in [0.29, 0.717) is 17.8 Å². The zero-order valence-electron chi connectivity index (χ0n) is 13.3. The third-order valence-electron chi connectivity index (χ3n) is 4.16. The highest BCUT2D eigenvalue weighted by Gasteiger charge is 2.24. The molecule has 1 aliphatic rings. The number of thiocarbonyl (C=S) groups is 1. The number of benzene rings is 2. The standard InChI is InChI=1S/C19H14N4OS/c24-19(21-11-20-12-25)18-17(22-16-6-3-9-23(16)18)15-8-7-13-4-1-2-5-14(13)10-15/h1-5,7-10H,6,11H2,(H,21,24). The quantitative estimate of drug-likeness (QED) is 0.581. The van der Waals surface area contributed by atoms with Crippen molar-refractivity contribution in [2.45, 2.75) is 6.42 Å². The van der Waals surface area contributed by atoms with Gasteiger partial charge in [-0.05, 0) is 29.1 Å². The maximum atomic E-state index is 12.7. The zero-order valence-corrected chi connectivity index (χ0v) is 14.1. The van der Waals surface area contributed by atoms with Gasteiger partial charge in [-0.2, -0.15) is 0 Å². The van der Waals surface area contributed by atoms with Gasteiger partial charge in [0.15, 0.2) is 0 Å². The number of nitrogens with zero attached hydrogens (tertiary/aromatic N) is 3. The number of hydrogen-bond acceptors (Lipinski definition) is 4. The van der Waals surface area contributed by atoms with Gasteiger partial charge < -0.3 is 5.32 Å². The van der Waals surface area contributed by atoms with Gasteiger partial charge in [-0.3, -0.25) is 9.36 Å². The number of aliphatic imine (C=N–C) groups is 1. The van der Waals surface area contributed by atoms with E-state index in [4.69, 9.17) is 0 Å². The van der Waals surface area contributed by atoms with E-state index in [9.17, 15) is 4.79 Å². The summed E-state index contributed by atoms with van der Waals surface area (Å²) in [6.07, 6.45) is 4.58. The molecule has 0 unspecified atom stereocenters. The van der Waals surface area contributed by atoms with Crippen molar-refractivity contribution in [2.24, 2.45) is 4.99 Å². The van der Waals surface area contributed by atoms with Gasteiger partial charge in [-0.15, -0.1) is 0 Å². The van der Waals surface area contributed by atoms with Crippen molar-refractivity contribution in [3.8, 4) is 11.3 Å². The van der Waals surface area contributed by atoms with Crippen molar-refractivity contribution in [3.05, 3.63) is 60.1 Å². The average Bonchev–Trinajstić information content (AvgIpc) is 3.22. The summed E-state index contributed by atoms with van der Waals surface area (Å²) in [7, 11) is 0. The number of isothiocyanates is 1. The van der Waals surface area contributed by atoms with Gasteiger partial charge in [0.2, 0.25) is 0 Å². The number of fused-ring (bicyclic) bond motifs is 2. The molecule has 122 valence electrons. The summed E-state index contributed by atoms with van der Waals surface area (Å²) in [5.74, 6) is 0.620. The number of imidazole rings is 1. The minimum Gasteiger partial charge on any atom is -0.331 e. The SMILES string of the molecule is O=C(NCN=C=S)c1c(-c2ccc3ccccc3c2)nc2n1C=CC2. The third kappa shape index (κ3) is 2.78. The molecule has 0 saturated carbocycles. The van der Waals surface area contributed by atoms with E-state index in [1.807, 2.05) is 41.1 Å². The molecule has 25 heavy (non-hydrogen) atoms. The van der Waals surface area contributed by atoms with Crippen molar-refractivity contribution in [1.82, 2.24) is 14.9 Å². The minimum absolute atomic E-state index is 0.101. The molecule has 2 heterocycles. The van der Waals surface area contributed by atoms with Crippen molar-refractivity contribution in [2.75, 3.05) is 6.67 Å². The Hall–Kier alpha value is -3.08. The molecule has 3 aromatic rings. The number of allylic oxidation sites excluding steroid dienone is 1.